The zero-order valence-electron chi connectivity index (χ0n) is 33.7. The van der Waals surface area contributed by atoms with Crippen LogP contribution in [0.4, 0.5) is 10.6 Å². The van der Waals surface area contributed by atoms with Gasteiger partial charge in [-0.05, 0) is 120 Å². The van der Waals surface area contributed by atoms with Gasteiger partial charge in [0.15, 0.2) is 5.82 Å². The lowest BCUT2D eigenvalue weighted by molar-refractivity contribution is 0.0425. The first-order chi connectivity index (χ1) is 27.4. The van der Waals surface area contributed by atoms with Crippen LogP contribution in [0.5, 0.6) is 0 Å². The predicted molar refractivity (Wildman–Crippen MR) is 228 cm³/mol. The number of aryl methyl sites for hydroxylation is 1. The molecular weight excluding hydrogens is 970 g/mol. The van der Waals surface area contributed by atoms with E-state index in [9.17, 15) is 22.8 Å². The molecule has 19 heteroatoms. The number of hydrogen-bond acceptors (Lipinski definition) is 12. The summed E-state index contributed by atoms with van der Waals surface area (Å²) in [6.45, 7) is 16.4. The Morgan fingerprint density at radius 2 is 1.50 bits per heavy atom. The van der Waals surface area contributed by atoms with Crippen molar-refractivity contribution in [1.29, 1.82) is 0 Å². The van der Waals surface area contributed by atoms with Crippen molar-refractivity contribution in [2.24, 2.45) is 0 Å². The summed E-state index contributed by atoms with van der Waals surface area (Å²) in [5.41, 5.74) is 2.07. The van der Waals surface area contributed by atoms with Gasteiger partial charge >= 0.3 is 18.0 Å². The molecule has 2 aromatic carbocycles. The van der Waals surface area contributed by atoms with Crippen molar-refractivity contribution in [1.82, 2.24) is 20.0 Å². The largest absolute Gasteiger partial charge is 0.462 e. The molecule has 5 rings (SSSR count). The van der Waals surface area contributed by atoms with E-state index in [0.29, 0.717) is 51.4 Å². The minimum atomic E-state index is -3.76. The molecule has 0 bridgehead atoms. The van der Waals surface area contributed by atoms with Crippen LogP contribution >= 0.6 is 47.8 Å². The maximum absolute atomic E-state index is 12.5. The van der Waals surface area contributed by atoms with E-state index in [-0.39, 0.29) is 29.7 Å². The summed E-state index contributed by atoms with van der Waals surface area (Å²) in [6.07, 6.45) is 0.348. The number of nitrogens with zero attached hydrogens (tertiary/aromatic N) is 4. The predicted octanol–water partition coefficient (Wildman–Crippen LogP) is 9.34. The van der Waals surface area contributed by atoms with Gasteiger partial charge in [0, 0.05) is 0 Å². The molecule has 1 N–H and O–H groups in total. The standard InChI is InChI=1S/C18H22O4S.C15H22BrN3O4.C6H6Br2N2O2/c1-3-17(14-21-13-16-7-5-4-6-8-16)22-23(19,20)18-11-9-15(2)10-12-18;1-6-9-8-18(14(21)23-15(3,4)5)12-10(13(20)22-7-2)11(16)17-19(9)12;1-2-12-6(11)3-4(7)9-10-5(3)8/h4-12,17H,3,13-14H2,1-2H3;9H,6-8H2,1-5H3;2H2,1H3,(H,9,10)/t17-;9-;/m11./s1. The minimum absolute atomic E-state index is 0.00278. The summed E-state index contributed by atoms with van der Waals surface area (Å²) in [6, 6.07) is 16.4. The second kappa shape index (κ2) is 22.7. The molecule has 1 aliphatic heterocycles. The number of hydrogen-bond donors (Lipinski definition) is 1. The zero-order chi connectivity index (χ0) is 43.2. The quantitative estimate of drug-likeness (QED) is 0.0763. The molecule has 1 aliphatic rings. The summed E-state index contributed by atoms with van der Waals surface area (Å²) in [4.78, 5) is 37.6. The number of fused-ring (bicyclic) bond motifs is 1. The fraction of sp³-hybridized carbons (Fsp3) is 0.462. The number of anilines is 1. The Hall–Kier alpha value is -3.62. The summed E-state index contributed by atoms with van der Waals surface area (Å²) >= 11 is 9.55. The first-order valence-corrected chi connectivity index (χ1v) is 22.3. The number of carbonyl (C=O) groups excluding carboxylic acids is 3. The van der Waals surface area contributed by atoms with Crippen LogP contribution in [0.3, 0.4) is 0 Å². The molecule has 3 heterocycles. The third kappa shape index (κ3) is 14.0. The Morgan fingerprint density at radius 3 is 2.02 bits per heavy atom. The highest BCUT2D eigenvalue weighted by molar-refractivity contribution is 9.11. The van der Waals surface area contributed by atoms with Gasteiger partial charge in [0.25, 0.3) is 10.1 Å². The van der Waals surface area contributed by atoms with Gasteiger partial charge < -0.3 is 18.9 Å². The Balaban J connectivity index is 0.000000245. The van der Waals surface area contributed by atoms with Crippen LogP contribution in [-0.2, 0) is 39.9 Å². The molecule has 0 saturated heterocycles. The summed E-state index contributed by atoms with van der Waals surface area (Å²) < 4.78 is 53.8. The van der Waals surface area contributed by atoms with Gasteiger partial charge in [-0.3, -0.25) is 14.2 Å². The van der Waals surface area contributed by atoms with Crippen molar-refractivity contribution in [2.75, 3.05) is 31.3 Å². The van der Waals surface area contributed by atoms with Crippen LogP contribution in [0, 0.1) is 6.92 Å². The maximum atomic E-state index is 12.5. The zero-order valence-corrected chi connectivity index (χ0v) is 39.3. The first kappa shape index (κ1) is 48.7. The highest BCUT2D eigenvalue weighted by Crippen LogP contribution is 2.38. The van der Waals surface area contributed by atoms with Crippen LogP contribution in [0.25, 0.3) is 0 Å². The maximum Gasteiger partial charge on any atom is 0.416 e. The fourth-order valence-corrected chi connectivity index (χ4v) is 7.95. The lowest BCUT2D eigenvalue weighted by atomic mass is 10.2. The average Bonchev–Trinajstić information content (AvgIpc) is 3.81. The minimum Gasteiger partial charge on any atom is -0.462 e. The lowest BCUT2D eigenvalue weighted by Crippen LogP contribution is -2.36. The molecule has 4 aromatic rings. The number of esters is 2. The molecule has 318 valence electrons. The Morgan fingerprint density at radius 1 is 0.897 bits per heavy atom. The van der Waals surface area contributed by atoms with Crippen molar-refractivity contribution >= 4 is 81.8 Å². The van der Waals surface area contributed by atoms with E-state index in [1.165, 1.54) is 4.90 Å². The molecule has 0 saturated carbocycles. The highest BCUT2D eigenvalue weighted by atomic mass is 79.9. The molecule has 0 fully saturated rings. The third-order valence-electron chi connectivity index (χ3n) is 8.00. The van der Waals surface area contributed by atoms with Crippen LogP contribution in [0.15, 0.2) is 73.3 Å². The normalized spacial score (nSPS) is 14.0. The van der Waals surface area contributed by atoms with Crippen LogP contribution in [0.2, 0.25) is 0 Å². The number of carbonyl (C=O) groups is 3. The third-order valence-corrected chi connectivity index (χ3v) is 11.1. The number of halogens is 3. The number of aromatic nitrogens is 4. The smallest absolute Gasteiger partial charge is 0.416 e. The van der Waals surface area contributed by atoms with Gasteiger partial charge in [-0.2, -0.15) is 18.6 Å². The topological polar surface area (TPSA) is 181 Å². The number of nitrogens with one attached hydrogen (secondary N) is 1. The van der Waals surface area contributed by atoms with Gasteiger partial charge in [-0.15, -0.1) is 0 Å². The van der Waals surface area contributed by atoms with Crippen molar-refractivity contribution in [3.8, 4) is 0 Å². The van der Waals surface area contributed by atoms with Gasteiger partial charge in [-0.1, -0.05) is 61.9 Å². The SMILES string of the molecule is CCOC(=O)c1c(Br)n[nH]c1Br.CCOC(=O)c1c(Br)nn2c1N(C(=O)OC(C)(C)C)C[C@H]2CC.CC[C@H](COCc1ccccc1)OS(=O)(=O)c1ccc(C)cc1. The molecular formula is C39H50Br3N5O10S. The van der Waals surface area contributed by atoms with E-state index in [1.807, 2.05) is 51.1 Å². The molecule has 0 unspecified atom stereocenters. The molecule has 15 nitrogen and oxygen atoms in total. The fourth-order valence-electron chi connectivity index (χ4n) is 5.16. The Bertz CT molecular complexity index is 2050. The molecule has 1 amide bonds. The number of aromatic amines is 1. The van der Waals surface area contributed by atoms with E-state index >= 15 is 0 Å². The number of benzene rings is 2. The van der Waals surface area contributed by atoms with Crippen LogP contribution in [-0.4, -0.2) is 84.5 Å². The van der Waals surface area contributed by atoms with E-state index < -0.39 is 39.9 Å². The average molecular weight is 1020 g/mol. The second-order valence-electron chi connectivity index (χ2n) is 13.6. The molecule has 58 heavy (non-hydrogen) atoms. The summed E-state index contributed by atoms with van der Waals surface area (Å²) in [5, 5.41) is 10.7. The summed E-state index contributed by atoms with van der Waals surface area (Å²) in [5.74, 6) is -0.479. The molecule has 2 atom stereocenters. The van der Waals surface area contributed by atoms with Gasteiger partial charge in [0.2, 0.25) is 0 Å². The number of amides is 1. The first-order valence-electron chi connectivity index (χ1n) is 18.5. The summed E-state index contributed by atoms with van der Waals surface area (Å²) in [7, 11) is -3.76. The molecule has 0 spiro atoms. The van der Waals surface area contributed by atoms with Gasteiger partial charge in [0.05, 0.1) is 43.9 Å². The Labute approximate surface area is 365 Å². The number of ether oxygens (including phenoxy) is 4. The second-order valence-corrected chi connectivity index (χ2v) is 17.5. The lowest BCUT2D eigenvalue weighted by Gasteiger charge is -2.24. The van der Waals surface area contributed by atoms with Crippen molar-refractivity contribution in [2.45, 2.75) is 97.5 Å². The molecule has 0 aliphatic carbocycles. The van der Waals surface area contributed by atoms with E-state index in [2.05, 4.69) is 63.1 Å². The Kier molecular flexibility index (Phi) is 19.1. The highest BCUT2D eigenvalue weighted by Gasteiger charge is 2.41. The molecule has 2 aromatic heterocycles. The van der Waals surface area contributed by atoms with Gasteiger partial charge in [0.1, 0.15) is 36.6 Å². The monoisotopic (exact) mass is 1020 g/mol. The molecule has 0 radical (unpaired) electrons. The van der Waals surface area contributed by atoms with Gasteiger partial charge in [-0.25, -0.2) is 19.1 Å². The van der Waals surface area contributed by atoms with Crippen LogP contribution < -0.4 is 4.90 Å². The van der Waals surface area contributed by atoms with E-state index in [4.69, 9.17) is 23.1 Å². The van der Waals surface area contributed by atoms with Crippen LogP contribution in [0.1, 0.15) is 99.2 Å². The van der Waals surface area contributed by atoms with Crippen molar-refractivity contribution < 1.29 is 45.9 Å². The van der Waals surface area contributed by atoms with Crippen molar-refractivity contribution in [3.05, 3.63) is 90.7 Å². The number of H-pyrrole nitrogens is 1. The van der Waals surface area contributed by atoms with Crippen molar-refractivity contribution in [3.63, 3.8) is 0 Å². The van der Waals surface area contributed by atoms with E-state index in [0.717, 1.165) is 17.5 Å². The van der Waals surface area contributed by atoms with E-state index in [1.54, 1.807) is 63.6 Å². The number of rotatable bonds is 13.